The highest BCUT2D eigenvalue weighted by Gasteiger charge is 2.14. The molecule has 0 saturated heterocycles. The molecule has 0 saturated carbocycles. The standard InChI is InChI=1S/C10H16ClNO3S2/c11-4-1-2-6-17(14,15)12-7-10(13)9-3-5-16-8-9/h3,5,8,10,12-13H,1-2,4,6-7H2. The second-order valence-electron chi connectivity index (χ2n) is 3.64. The summed E-state index contributed by atoms with van der Waals surface area (Å²) in [4.78, 5) is 0. The second-order valence-corrected chi connectivity index (χ2v) is 6.72. The first-order chi connectivity index (χ1) is 8.05. The maximum atomic E-state index is 11.5. The van der Waals surface area contributed by atoms with Crippen LogP contribution in [-0.4, -0.2) is 31.7 Å². The Morgan fingerprint density at radius 1 is 1.47 bits per heavy atom. The lowest BCUT2D eigenvalue weighted by Gasteiger charge is -2.10. The van der Waals surface area contributed by atoms with E-state index < -0.39 is 16.1 Å². The number of sulfonamides is 1. The quantitative estimate of drug-likeness (QED) is 0.567. The van der Waals surface area contributed by atoms with Gasteiger partial charge in [0.25, 0.3) is 0 Å². The second kappa shape index (κ2) is 7.33. The highest BCUT2D eigenvalue weighted by Crippen LogP contribution is 2.15. The van der Waals surface area contributed by atoms with Gasteiger partial charge in [-0.3, -0.25) is 0 Å². The van der Waals surface area contributed by atoms with E-state index in [1.165, 1.54) is 11.3 Å². The predicted octanol–water partition coefficient (Wildman–Crippen LogP) is 1.72. The summed E-state index contributed by atoms with van der Waals surface area (Å²) in [5.41, 5.74) is 0.735. The van der Waals surface area contributed by atoms with Gasteiger partial charge in [0.2, 0.25) is 10.0 Å². The summed E-state index contributed by atoms with van der Waals surface area (Å²) in [6.45, 7) is 0.0138. The molecule has 0 spiro atoms. The Kier molecular flexibility index (Phi) is 6.43. The predicted molar refractivity (Wildman–Crippen MR) is 71.0 cm³/mol. The van der Waals surface area contributed by atoms with E-state index in [9.17, 15) is 13.5 Å². The molecule has 1 aromatic rings. The third-order valence-corrected chi connectivity index (χ3v) is 4.62. The summed E-state index contributed by atoms with van der Waals surface area (Å²) < 4.78 is 25.4. The number of hydrogen-bond acceptors (Lipinski definition) is 4. The Hall–Kier alpha value is -0.140. The number of aliphatic hydroxyl groups excluding tert-OH is 1. The lowest BCUT2D eigenvalue weighted by molar-refractivity contribution is 0.182. The van der Waals surface area contributed by atoms with Gasteiger partial charge in [0, 0.05) is 12.4 Å². The molecule has 1 aromatic heterocycles. The SMILES string of the molecule is O=S(=O)(CCCCCl)NCC(O)c1ccsc1. The minimum absolute atomic E-state index is 0.0138. The van der Waals surface area contributed by atoms with Crippen LogP contribution in [0, 0.1) is 0 Å². The van der Waals surface area contributed by atoms with Crippen LogP contribution < -0.4 is 4.72 Å². The van der Waals surface area contributed by atoms with Crippen molar-refractivity contribution in [2.75, 3.05) is 18.2 Å². The zero-order valence-corrected chi connectivity index (χ0v) is 11.7. The van der Waals surface area contributed by atoms with Gasteiger partial charge in [-0.25, -0.2) is 13.1 Å². The Morgan fingerprint density at radius 3 is 2.82 bits per heavy atom. The van der Waals surface area contributed by atoms with Crippen LogP contribution in [0.15, 0.2) is 16.8 Å². The molecule has 0 aliphatic rings. The summed E-state index contributed by atoms with van der Waals surface area (Å²) in [6, 6.07) is 1.77. The Morgan fingerprint density at radius 2 is 2.24 bits per heavy atom. The number of nitrogens with one attached hydrogen (secondary N) is 1. The van der Waals surface area contributed by atoms with Gasteiger partial charge in [-0.05, 0) is 35.2 Å². The first-order valence-electron chi connectivity index (χ1n) is 5.28. The third kappa shape index (κ3) is 5.83. The maximum absolute atomic E-state index is 11.5. The van der Waals surface area contributed by atoms with Crippen LogP contribution in [0.4, 0.5) is 0 Å². The Bertz CT molecular complexity index is 405. The smallest absolute Gasteiger partial charge is 0.211 e. The van der Waals surface area contributed by atoms with E-state index in [4.69, 9.17) is 11.6 Å². The molecule has 0 aromatic carbocycles. The number of aliphatic hydroxyl groups is 1. The number of hydrogen-bond donors (Lipinski definition) is 2. The molecule has 0 radical (unpaired) electrons. The summed E-state index contributed by atoms with van der Waals surface area (Å²) in [6.07, 6.45) is 0.423. The van der Waals surface area contributed by atoms with Crippen molar-refractivity contribution >= 4 is 33.0 Å². The summed E-state index contributed by atoms with van der Waals surface area (Å²) in [5.74, 6) is 0.517. The molecule has 1 atom stereocenters. The van der Waals surface area contributed by atoms with E-state index in [2.05, 4.69) is 4.72 Å². The van der Waals surface area contributed by atoms with Crippen LogP contribution in [0.5, 0.6) is 0 Å². The lowest BCUT2D eigenvalue weighted by atomic mass is 10.2. The van der Waals surface area contributed by atoms with E-state index >= 15 is 0 Å². The molecule has 0 aliphatic heterocycles. The van der Waals surface area contributed by atoms with Gasteiger partial charge >= 0.3 is 0 Å². The number of unbranched alkanes of at least 4 members (excludes halogenated alkanes) is 1. The number of halogens is 1. The van der Waals surface area contributed by atoms with Crippen molar-refractivity contribution in [2.24, 2.45) is 0 Å². The van der Waals surface area contributed by atoms with E-state index in [1.54, 1.807) is 11.4 Å². The highest BCUT2D eigenvalue weighted by molar-refractivity contribution is 7.89. The zero-order chi connectivity index (χ0) is 12.7. The zero-order valence-electron chi connectivity index (χ0n) is 9.30. The average Bonchev–Trinajstić information content (AvgIpc) is 2.80. The molecule has 0 fully saturated rings. The first kappa shape index (κ1) is 14.9. The van der Waals surface area contributed by atoms with Gasteiger partial charge in [0.15, 0.2) is 0 Å². The van der Waals surface area contributed by atoms with Gasteiger partial charge < -0.3 is 5.11 Å². The van der Waals surface area contributed by atoms with Crippen molar-refractivity contribution in [3.05, 3.63) is 22.4 Å². The molecular formula is C10H16ClNO3S2. The van der Waals surface area contributed by atoms with Crippen molar-refractivity contribution in [1.29, 1.82) is 0 Å². The van der Waals surface area contributed by atoms with Crippen LogP contribution in [-0.2, 0) is 10.0 Å². The molecule has 0 amide bonds. The molecular weight excluding hydrogens is 282 g/mol. The van der Waals surface area contributed by atoms with Gasteiger partial charge in [0.1, 0.15) is 0 Å². The van der Waals surface area contributed by atoms with Crippen molar-refractivity contribution in [1.82, 2.24) is 4.72 Å². The molecule has 4 nitrogen and oxygen atoms in total. The van der Waals surface area contributed by atoms with Crippen molar-refractivity contribution in [2.45, 2.75) is 18.9 Å². The van der Waals surface area contributed by atoms with Crippen molar-refractivity contribution in [3.8, 4) is 0 Å². The van der Waals surface area contributed by atoms with Gasteiger partial charge in [-0.2, -0.15) is 11.3 Å². The minimum atomic E-state index is -3.31. The third-order valence-electron chi connectivity index (χ3n) is 2.22. The van der Waals surface area contributed by atoms with Crippen LogP contribution >= 0.6 is 22.9 Å². The molecule has 0 bridgehead atoms. The van der Waals surface area contributed by atoms with Gasteiger partial charge in [0.05, 0.1) is 11.9 Å². The summed E-state index contributed by atoms with van der Waals surface area (Å²) in [7, 11) is -3.31. The number of thiophene rings is 1. The normalized spacial score (nSPS) is 13.8. The van der Waals surface area contributed by atoms with E-state index in [0.717, 1.165) is 5.56 Å². The van der Waals surface area contributed by atoms with E-state index in [-0.39, 0.29) is 12.3 Å². The maximum Gasteiger partial charge on any atom is 0.211 e. The van der Waals surface area contributed by atoms with Gasteiger partial charge in [-0.1, -0.05) is 0 Å². The fourth-order valence-electron chi connectivity index (χ4n) is 1.25. The molecule has 98 valence electrons. The molecule has 1 rings (SSSR count). The minimum Gasteiger partial charge on any atom is -0.387 e. The molecule has 7 heteroatoms. The topological polar surface area (TPSA) is 66.4 Å². The first-order valence-corrected chi connectivity index (χ1v) is 8.41. The summed E-state index contributed by atoms with van der Waals surface area (Å²) >= 11 is 6.94. The van der Waals surface area contributed by atoms with Crippen molar-refractivity contribution < 1.29 is 13.5 Å². The molecule has 2 N–H and O–H groups in total. The lowest BCUT2D eigenvalue weighted by Crippen LogP contribution is -2.30. The van der Waals surface area contributed by atoms with Crippen LogP contribution in [0.3, 0.4) is 0 Å². The largest absolute Gasteiger partial charge is 0.387 e. The van der Waals surface area contributed by atoms with E-state index in [1.807, 2.05) is 5.38 Å². The van der Waals surface area contributed by atoms with Crippen LogP contribution in [0.25, 0.3) is 0 Å². The van der Waals surface area contributed by atoms with Crippen LogP contribution in [0.2, 0.25) is 0 Å². The molecule has 1 unspecified atom stereocenters. The number of rotatable bonds is 8. The van der Waals surface area contributed by atoms with Crippen molar-refractivity contribution in [3.63, 3.8) is 0 Å². The number of alkyl halides is 1. The molecule has 1 heterocycles. The Balaban J connectivity index is 2.34. The summed E-state index contributed by atoms with van der Waals surface area (Å²) in [5, 5.41) is 13.3. The van der Waals surface area contributed by atoms with E-state index in [0.29, 0.717) is 18.7 Å². The molecule has 0 aliphatic carbocycles. The van der Waals surface area contributed by atoms with Gasteiger partial charge in [-0.15, -0.1) is 11.6 Å². The van der Waals surface area contributed by atoms with Crippen LogP contribution in [0.1, 0.15) is 24.5 Å². The monoisotopic (exact) mass is 297 g/mol. The average molecular weight is 298 g/mol. The fraction of sp³-hybridized carbons (Fsp3) is 0.600. The highest BCUT2D eigenvalue weighted by atomic mass is 35.5. The Labute approximate surface area is 111 Å². The fourth-order valence-corrected chi connectivity index (χ4v) is 3.28. The molecule has 17 heavy (non-hydrogen) atoms.